The summed E-state index contributed by atoms with van der Waals surface area (Å²) in [4.78, 5) is 0. The van der Waals surface area contributed by atoms with Crippen LogP contribution in [0, 0.1) is 3.57 Å². The van der Waals surface area contributed by atoms with Crippen LogP contribution in [0.15, 0.2) is 42.5 Å². The van der Waals surface area contributed by atoms with Gasteiger partial charge in [0, 0.05) is 28.0 Å². The quantitative estimate of drug-likeness (QED) is 0.796. The first-order valence-corrected chi connectivity index (χ1v) is 7.75. The van der Waals surface area contributed by atoms with E-state index >= 15 is 0 Å². The number of halogens is 1. The molecule has 0 saturated carbocycles. The lowest BCUT2D eigenvalue weighted by Gasteiger charge is -2.21. The molecule has 19 heavy (non-hydrogen) atoms. The maximum atomic E-state index is 3.54. The van der Waals surface area contributed by atoms with Crippen molar-refractivity contribution in [1.29, 1.82) is 0 Å². The number of fused-ring (bicyclic) bond motifs is 1. The van der Waals surface area contributed by atoms with Crippen LogP contribution in [0.5, 0.6) is 0 Å². The fourth-order valence-corrected chi connectivity index (χ4v) is 3.07. The molecule has 2 N–H and O–H groups in total. The summed E-state index contributed by atoms with van der Waals surface area (Å²) in [5.74, 6) is 0. The Bertz CT molecular complexity index is 581. The van der Waals surface area contributed by atoms with E-state index < -0.39 is 0 Å². The van der Waals surface area contributed by atoms with Crippen LogP contribution < -0.4 is 10.6 Å². The van der Waals surface area contributed by atoms with E-state index in [-0.39, 0.29) is 0 Å². The Balaban J connectivity index is 1.77. The standard InChI is InChI=1S/C16H17IN2/c17-14-7-2-8-15(10-14)19-11-13-5-1-4-12-6-3-9-18-16(12)13/h1-2,4-5,7-8,10,18-19H,3,6,9,11H2. The molecule has 0 amide bonds. The molecule has 0 bridgehead atoms. The summed E-state index contributed by atoms with van der Waals surface area (Å²) in [6, 6.07) is 15.1. The molecule has 2 aromatic carbocycles. The summed E-state index contributed by atoms with van der Waals surface area (Å²) in [5, 5.41) is 7.04. The molecule has 1 aliphatic rings. The van der Waals surface area contributed by atoms with Crippen molar-refractivity contribution >= 4 is 34.0 Å². The zero-order valence-electron chi connectivity index (χ0n) is 10.7. The van der Waals surface area contributed by atoms with E-state index in [4.69, 9.17) is 0 Å². The third kappa shape index (κ3) is 3.03. The molecule has 1 aliphatic heterocycles. The minimum absolute atomic E-state index is 0.871. The largest absolute Gasteiger partial charge is 0.385 e. The fourth-order valence-electron chi connectivity index (χ4n) is 2.52. The van der Waals surface area contributed by atoms with Crippen molar-refractivity contribution < 1.29 is 0 Å². The van der Waals surface area contributed by atoms with Gasteiger partial charge in [-0.1, -0.05) is 24.3 Å². The predicted octanol–water partition coefficient (Wildman–Crippen LogP) is 4.26. The monoisotopic (exact) mass is 364 g/mol. The molecule has 0 radical (unpaired) electrons. The Morgan fingerprint density at radius 1 is 1.16 bits per heavy atom. The Morgan fingerprint density at radius 2 is 2.05 bits per heavy atom. The van der Waals surface area contributed by atoms with Gasteiger partial charge >= 0.3 is 0 Å². The van der Waals surface area contributed by atoms with Crippen LogP contribution >= 0.6 is 22.6 Å². The molecule has 0 spiro atoms. The van der Waals surface area contributed by atoms with Crippen LogP contribution in [0.3, 0.4) is 0 Å². The predicted molar refractivity (Wildman–Crippen MR) is 89.7 cm³/mol. The molecule has 0 fully saturated rings. The third-order valence-electron chi connectivity index (χ3n) is 3.47. The van der Waals surface area contributed by atoms with E-state index in [0.29, 0.717) is 0 Å². The molecule has 0 atom stereocenters. The fraction of sp³-hybridized carbons (Fsp3) is 0.250. The van der Waals surface area contributed by atoms with Crippen molar-refractivity contribution in [2.24, 2.45) is 0 Å². The van der Waals surface area contributed by atoms with Crippen molar-refractivity contribution in [3.63, 3.8) is 0 Å². The molecule has 0 aromatic heterocycles. The highest BCUT2D eigenvalue weighted by atomic mass is 127. The topological polar surface area (TPSA) is 24.1 Å². The number of hydrogen-bond acceptors (Lipinski definition) is 2. The summed E-state index contributed by atoms with van der Waals surface area (Å²) in [6.45, 7) is 1.96. The van der Waals surface area contributed by atoms with Crippen molar-refractivity contribution in [3.8, 4) is 0 Å². The lowest BCUT2D eigenvalue weighted by Crippen LogP contribution is -2.14. The number of aryl methyl sites for hydroxylation is 1. The lowest BCUT2D eigenvalue weighted by molar-refractivity contribution is 0.825. The lowest BCUT2D eigenvalue weighted by atomic mass is 9.99. The number of hydrogen-bond donors (Lipinski definition) is 2. The number of anilines is 2. The first-order chi connectivity index (χ1) is 9.33. The molecule has 2 nitrogen and oxygen atoms in total. The third-order valence-corrected chi connectivity index (χ3v) is 4.14. The number of para-hydroxylation sites is 1. The van der Waals surface area contributed by atoms with Crippen LogP contribution in [0.1, 0.15) is 17.5 Å². The van der Waals surface area contributed by atoms with E-state index in [1.807, 2.05) is 0 Å². The van der Waals surface area contributed by atoms with Gasteiger partial charge in [0.25, 0.3) is 0 Å². The maximum absolute atomic E-state index is 3.54. The molecule has 0 saturated heterocycles. The highest BCUT2D eigenvalue weighted by Gasteiger charge is 2.11. The minimum Gasteiger partial charge on any atom is -0.385 e. The average molecular weight is 364 g/mol. The molecule has 98 valence electrons. The second-order valence-corrected chi connectivity index (χ2v) is 6.09. The number of rotatable bonds is 3. The molecule has 0 unspecified atom stereocenters. The van der Waals surface area contributed by atoms with E-state index in [1.54, 1.807) is 0 Å². The second kappa shape index (κ2) is 5.82. The van der Waals surface area contributed by atoms with Crippen LogP contribution in [0.2, 0.25) is 0 Å². The van der Waals surface area contributed by atoms with E-state index in [1.165, 1.54) is 38.9 Å². The smallest absolute Gasteiger partial charge is 0.0423 e. The number of nitrogens with one attached hydrogen (secondary N) is 2. The Labute approximate surface area is 127 Å². The maximum Gasteiger partial charge on any atom is 0.0423 e. The average Bonchev–Trinajstić information content (AvgIpc) is 2.45. The molecule has 1 heterocycles. The second-order valence-electron chi connectivity index (χ2n) is 4.85. The SMILES string of the molecule is Ic1cccc(NCc2cccc3c2NCCC3)c1. The molecular formula is C16H17IN2. The number of benzene rings is 2. The van der Waals surface area contributed by atoms with Crippen molar-refractivity contribution in [2.75, 3.05) is 17.2 Å². The molecule has 0 aliphatic carbocycles. The normalized spacial score (nSPS) is 13.5. The zero-order chi connectivity index (χ0) is 13.1. The summed E-state index contributed by atoms with van der Waals surface area (Å²) >= 11 is 2.34. The summed E-state index contributed by atoms with van der Waals surface area (Å²) in [7, 11) is 0. The molecule has 3 heteroatoms. The Morgan fingerprint density at radius 3 is 2.95 bits per heavy atom. The van der Waals surface area contributed by atoms with Crippen molar-refractivity contribution in [2.45, 2.75) is 19.4 Å². The van der Waals surface area contributed by atoms with Gasteiger partial charge in [-0.3, -0.25) is 0 Å². The first kappa shape index (κ1) is 12.8. The van der Waals surface area contributed by atoms with Crippen LogP contribution in [-0.2, 0) is 13.0 Å². The summed E-state index contributed by atoms with van der Waals surface area (Å²) < 4.78 is 1.26. The Kier molecular flexibility index (Phi) is 3.92. The Hall–Kier alpha value is -1.23. The van der Waals surface area contributed by atoms with Gasteiger partial charge < -0.3 is 10.6 Å². The van der Waals surface area contributed by atoms with Crippen LogP contribution in [0.4, 0.5) is 11.4 Å². The van der Waals surface area contributed by atoms with E-state index in [0.717, 1.165) is 13.1 Å². The van der Waals surface area contributed by atoms with Gasteiger partial charge in [-0.2, -0.15) is 0 Å². The molecule has 3 rings (SSSR count). The van der Waals surface area contributed by atoms with Gasteiger partial charge in [0.15, 0.2) is 0 Å². The van der Waals surface area contributed by atoms with E-state index in [2.05, 4.69) is 75.7 Å². The van der Waals surface area contributed by atoms with Gasteiger partial charge in [0.05, 0.1) is 0 Å². The molecule has 2 aromatic rings. The molecular weight excluding hydrogens is 347 g/mol. The van der Waals surface area contributed by atoms with Crippen molar-refractivity contribution in [1.82, 2.24) is 0 Å². The van der Waals surface area contributed by atoms with Gasteiger partial charge in [-0.25, -0.2) is 0 Å². The minimum atomic E-state index is 0.871. The van der Waals surface area contributed by atoms with Crippen LogP contribution in [0.25, 0.3) is 0 Å². The van der Waals surface area contributed by atoms with Gasteiger partial charge in [0.2, 0.25) is 0 Å². The highest BCUT2D eigenvalue weighted by molar-refractivity contribution is 14.1. The van der Waals surface area contributed by atoms with Gasteiger partial charge in [-0.05, 0) is 64.8 Å². The van der Waals surface area contributed by atoms with Crippen molar-refractivity contribution in [3.05, 3.63) is 57.2 Å². The van der Waals surface area contributed by atoms with Crippen LogP contribution in [-0.4, -0.2) is 6.54 Å². The summed E-state index contributed by atoms with van der Waals surface area (Å²) in [6.07, 6.45) is 2.43. The van der Waals surface area contributed by atoms with Gasteiger partial charge in [0.1, 0.15) is 0 Å². The summed E-state index contributed by atoms with van der Waals surface area (Å²) in [5.41, 5.74) is 5.33. The first-order valence-electron chi connectivity index (χ1n) is 6.67. The van der Waals surface area contributed by atoms with E-state index in [9.17, 15) is 0 Å². The zero-order valence-corrected chi connectivity index (χ0v) is 12.9. The highest BCUT2D eigenvalue weighted by Crippen LogP contribution is 2.26. The van der Waals surface area contributed by atoms with Gasteiger partial charge in [-0.15, -0.1) is 0 Å².